The average Bonchev–Trinajstić information content (AvgIpc) is 2.97. The van der Waals surface area contributed by atoms with Gasteiger partial charge in [0.25, 0.3) is 0 Å². The maximum absolute atomic E-state index is 11.9. The molecule has 7 heteroatoms. The van der Waals surface area contributed by atoms with Crippen molar-refractivity contribution in [1.82, 2.24) is 14.9 Å². The number of halogens is 1. The van der Waals surface area contributed by atoms with Gasteiger partial charge in [0.1, 0.15) is 17.2 Å². The summed E-state index contributed by atoms with van der Waals surface area (Å²) in [5.41, 5.74) is 5.63. The molecule has 2 heterocycles. The summed E-state index contributed by atoms with van der Waals surface area (Å²) in [5, 5.41) is 3.50. The lowest BCUT2D eigenvalue weighted by Crippen LogP contribution is -2.30. The fourth-order valence-corrected chi connectivity index (χ4v) is 2.72. The minimum Gasteiger partial charge on any atom is -0.382 e. The number of nitrogens with two attached hydrogens (primary N) is 1. The number of hydrogen-bond acceptors (Lipinski definition) is 5. The van der Waals surface area contributed by atoms with Crippen LogP contribution < -0.4 is 11.1 Å². The van der Waals surface area contributed by atoms with Crippen LogP contribution in [0.2, 0.25) is 5.02 Å². The SMILES string of the molecule is C[C@@H]1C[C@H]1N1C[C@H](Nc2ncnc(N)c2Cl)CC1=O. The lowest BCUT2D eigenvalue weighted by molar-refractivity contribution is -0.128. The van der Waals surface area contributed by atoms with Crippen LogP contribution in [-0.4, -0.2) is 39.4 Å². The fourth-order valence-electron chi connectivity index (χ4n) is 2.56. The number of likely N-dealkylation sites (tertiary alicyclic amines) is 1. The highest BCUT2D eigenvalue weighted by Gasteiger charge is 2.44. The van der Waals surface area contributed by atoms with Crippen molar-refractivity contribution < 1.29 is 4.79 Å². The highest BCUT2D eigenvalue weighted by Crippen LogP contribution is 2.38. The summed E-state index contributed by atoms with van der Waals surface area (Å²) in [7, 11) is 0. The van der Waals surface area contributed by atoms with E-state index < -0.39 is 0 Å². The standard InChI is InChI=1S/C12H16ClN5O/c1-6-2-8(6)18-4-7(3-9(18)19)17-12-10(13)11(14)15-5-16-12/h5-8H,2-4H2,1H3,(H3,14,15,16,17)/t6-,7-,8-/m1/s1. The third-order valence-electron chi connectivity index (χ3n) is 3.78. The van der Waals surface area contributed by atoms with Gasteiger partial charge in [0, 0.05) is 19.0 Å². The Morgan fingerprint density at radius 2 is 2.26 bits per heavy atom. The summed E-state index contributed by atoms with van der Waals surface area (Å²) in [6, 6.07) is 0.456. The first-order valence-electron chi connectivity index (χ1n) is 6.38. The number of carbonyl (C=O) groups excluding carboxylic acids is 1. The molecule has 3 rings (SSSR count). The minimum atomic E-state index is 0.0344. The maximum atomic E-state index is 11.9. The van der Waals surface area contributed by atoms with Crippen LogP contribution >= 0.6 is 11.6 Å². The first-order chi connectivity index (χ1) is 9.06. The van der Waals surface area contributed by atoms with Gasteiger partial charge in [-0.05, 0) is 12.3 Å². The topological polar surface area (TPSA) is 84.1 Å². The predicted molar refractivity (Wildman–Crippen MR) is 72.8 cm³/mol. The first kappa shape index (κ1) is 12.5. The van der Waals surface area contributed by atoms with Crippen LogP contribution in [0.4, 0.5) is 11.6 Å². The van der Waals surface area contributed by atoms with Gasteiger partial charge < -0.3 is 16.0 Å². The second kappa shape index (κ2) is 4.52. The quantitative estimate of drug-likeness (QED) is 0.868. The summed E-state index contributed by atoms with van der Waals surface area (Å²) in [4.78, 5) is 21.8. The Bertz CT molecular complexity index is 523. The Hall–Kier alpha value is -1.56. The van der Waals surface area contributed by atoms with E-state index in [1.165, 1.54) is 6.33 Å². The summed E-state index contributed by atoms with van der Waals surface area (Å²) in [6.07, 6.45) is 2.95. The lowest BCUT2D eigenvalue weighted by atomic mass is 10.2. The molecule has 1 saturated carbocycles. The van der Waals surface area contributed by atoms with Crippen molar-refractivity contribution in [3.63, 3.8) is 0 Å². The minimum absolute atomic E-state index is 0.0344. The van der Waals surface area contributed by atoms with Crippen molar-refractivity contribution in [3.05, 3.63) is 11.3 Å². The molecule has 3 atom stereocenters. The number of nitrogen functional groups attached to an aromatic ring is 1. The Labute approximate surface area is 116 Å². The second-order valence-electron chi connectivity index (χ2n) is 5.29. The molecular formula is C12H16ClN5O. The van der Waals surface area contributed by atoms with Gasteiger partial charge in [0.2, 0.25) is 5.91 Å². The molecule has 2 aliphatic rings. The number of rotatable bonds is 3. The number of anilines is 2. The van der Waals surface area contributed by atoms with Gasteiger partial charge in [-0.2, -0.15) is 0 Å². The molecule has 0 aromatic carbocycles. The zero-order valence-corrected chi connectivity index (χ0v) is 11.4. The molecule has 2 fully saturated rings. The highest BCUT2D eigenvalue weighted by molar-refractivity contribution is 6.35. The second-order valence-corrected chi connectivity index (χ2v) is 5.67. The maximum Gasteiger partial charge on any atom is 0.225 e. The van der Waals surface area contributed by atoms with E-state index in [4.69, 9.17) is 17.3 Å². The molecule has 1 aliphatic carbocycles. The van der Waals surface area contributed by atoms with Gasteiger partial charge in [-0.3, -0.25) is 4.79 Å². The molecule has 0 spiro atoms. The molecular weight excluding hydrogens is 266 g/mol. The molecule has 1 amide bonds. The van der Waals surface area contributed by atoms with Crippen molar-refractivity contribution in [2.75, 3.05) is 17.6 Å². The van der Waals surface area contributed by atoms with Gasteiger partial charge in [0.05, 0.1) is 6.04 Å². The van der Waals surface area contributed by atoms with Crippen molar-refractivity contribution in [2.24, 2.45) is 5.92 Å². The summed E-state index contributed by atoms with van der Waals surface area (Å²) in [5.74, 6) is 1.57. The third-order valence-corrected chi connectivity index (χ3v) is 4.16. The van der Waals surface area contributed by atoms with E-state index in [1.807, 2.05) is 4.90 Å². The fraction of sp³-hybridized carbons (Fsp3) is 0.583. The van der Waals surface area contributed by atoms with Crippen LogP contribution in [0.5, 0.6) is 0 Å². The smallest absolute Gasteiger partial charge is 0.225 e. The van der Waals surface area contributed by atoms with E-state index in [9.17, 15) is 4.79 Å². The summed E-state index contributed by atoms with van der Waals surface area (Å²) >= 11 is 6.03. The first-order valence-corrected chi connectivity index (χ1v) is 6.76. The van der Waals surface area contributed by atoms with Crippen LogP contribution in [0.1, 0.15) is 19.8 Å². The normalized spacial score (nSPS) is 29.7. The number of amides is 1. The van der Waals surface area contributed by atoms with Crippen molar-refractivity contribution >= 4 is 29.1 Å². The number of aromatic nitrogens is 2. The monoisotopic (exact) mass is 281 g/mol. The molecule has 19 heavy (non-hydrogen) atoms. The van der Waals surface area contributed by atoms with Gasteiger partial charge in [-0.25, -0.2) is 9.97 Å². The molecule has 0 radical (unpaired) electrons. The zero-order valence-electron chi connectivity index (χ0n) is 10.6. The Morgan fingerprint density at radius 3 is 2.95 bits per heavy atom. The van der Waals surface area contributed by atoms with E-state index in [0.29, 0.717) is 35.8 Å². The van der Waals surface area contributed by atoms with Crippen LogP contribution in [0.25, 0.3) is 0 Å². The highest BCUT2D eigenvalue weighted by atomic mass is 35.5. The molecule has 1 aromatic heterocycles. The lowest BCUT2D eigenvalue weighted by Gasteiger charge is -2.17. The van der Waals surface area contributed by atoms with Crippen LogP contribution in [0.15, 0.2) is 6.33 Å². The van der Waals surface area contributed by atoms with E-state index in [1.54, 1.807) is 0 Å². The van der Waals surface area contributed by atoms with Gasteiger partial charge >= 0.3 is 0 Å². The predicted octanol–water partition coefficient (Wildman–Crippen LogP) is 1.13. The van der Waals surface area contributed by atoms with E-state index in [2.05, 4.69) is 22.2 Å². The average molecular weight is 282 g/mol. The number of nitrogens with one attached hydrogen (secondary N) is 1. The molecule has 6 nitrogen and oxygen atoms in total. The van der Waals surface area contributed by atoms with Crippen molar-refractivity contribution in [1.29, 1.82) is 0 Å². The molecule has 102 valence electrons. The molecule has 3 N–H and O–H groups in total. The number of carbonyl (C=O) groups is 1. The largest absolute Gasteiger partial charge is 0.382 e. The van der Waals surface area contributed by atoms with E-state index in [-0.39, 0.29) is 17.8 Å². The van der Waals surface area contributed by atoms with Crippen LogP contribution in [-0.2, 0) is 4.79 Å². The molecule has 0 bridgehead atoms. The van der Waals surface area contributed by atoms with Gasteiger partial charge in [-0.1, -0.05) is 18.5 Å². The molecule has 0 unspecified atom stereocenters. The Kier molecular flexibility index (Phi) is 2.97. The van der Waals surface area contributed by atoms with Crippen LogP contribution in [0, 0.1) is 5.92 Å². The molecule has 1 aliphatic heterocycles. The molecule has 1 saturated heterocycles. The Balaban J connectivity index is 1.68. The summed E-state index contributed by atoms with van der Waals surface area (Å²) in [6.45, 7) is 2.87. The molecule has 1 aromatic rings. The van der Waals surface area contributed by atoms with Crippen molar-refractivity contribution in [3.8, 4) is 0 Å². The van der Waals surface area contributed by atoms with E-state index in [0.717, 1.165) is 6.42 Å². The number of nitrogens with zero attached hydrogens (tertiary/aromatic N) is 3. The number of hydrogen-bond donors (Lipinski definition) is 2. The zero-order chi connectivity index (χ0) is 13.6. The third kappa shape index (κ3) is 2.32. The Morgan fingerprint density at radius 1 is 1.53 bits per heavy atom. The summed E-state index contributed by atoms with van der Waals surface area (Å²) < 4.78 is 0. The van der Waals surface area contributed by atoms with Gasteiger partial charge in [0.15, 0.2) is 5.82 Å². The van der Waals surface area contributed by atoms with E-state index >= 15 is 0 Å². The van der Waals surface area contributed by atoms with Gasteiger partial charge in [-0.15, -0.1) is 0 Å². The van der Waals surface area contributed by atoms with Crippen molar-refractivity contribution in [2.45, 2.75) is 31.8 Å². The van der Waals surface area contributed by atoms with Crippen LogP contribution in [0.3, 0.4) is 0 Å².